The van der Waals surface area contributed by atoms with Crippen LogP contribution in [-0.2, 0) is 20.8 Å². The summed E-state index contributed by atoms with van der Waals surface area (Å²) in [7, 11) is 0. The number of aromatic nitrogens is 1. The molecule has 37 heavy (non-hydrogen) atoms. The number of carbonyl (C=O) groups excluding carboxylic acids is 3. The molecule has 3 heterocycles. The van der Waals surface area contributed by atoms with Crippen molar-refractivity contribution in [2.75, 3.05) is 0 Å². The van der Waals surface area contributed by atoms with Crippen molar-refractivity contribution in [2.24, 2.45) is 5.92 Å². The van der Waals surface area contributed by atoms with E-state index < -0.39 is 42.0 Å². The lowest BCUT2D eigenvalue weighted by molar-refractivity contribution is -0.142. The van der Waals surface area contributed by atoms with E-state index >= 15 is 0 Å². The van der Waals surface area contributed by atoms with E-state index in [-0.39, 0.29) is 11.8 Å². The molecule has 5 atom stereocenters. The summed E-state index contributed by atoms with van der Waals surface area (Å²) in [6.45, 7) is 5.10. The highest BCUT2D eigenvalue weighted by atomic mass is 16.4. The van der Waals surface area contributed by atoms with Crippen LogP contribution in [0.4, 0.5) is 0 Å². The van der Waals surface area contributed by atoms with Gasteiger partial charge in [0.15, 0.2) is 0 Å². The second-order valence-corrected chi connectivity index (χ2v) is 9.93. The lowest BCUT2D eigenvalue weighted by Crippen LogP contribution is -2.59. The van der Waals surface area contributed by atoms with Crippen molar-refractivity contribution >= 4 is 34.6 Å². The number of nitrogens with zero attached hydrogens (tertiary/aromatic N) is 1. The summed E-state index contributed by atoms with van der Waals surface area (Å²) in [4.78, 5) is 56.8. The zero-order chi connectivity index (χ0) is 26.4. The van der Waals surface area contributed by atoms with E-state index in [4.69, 9.17) is 0 Å². The Labute approximate surface area is 214 Å². The highest BCUT2D eigenvalue weighted by molar-refractivity contribution is 6.04. The molecule has 2 aliphatic heterocycles. The molecule has 9 heteroatoms. The van der Waals surface area contributed by atoms with Crippen LogP contribution in [0.15, 0.2) is 48.5 Å². The van der Waals surface area contributed by atoms with Crippen LogP contribution in [0.1, 0.15) is 60.4 Å². The van der Waals surface area contributed by atoms with Gasteiger partial charge in [0, 0.05) is 28.6 Å². The molecule has 1 aromatic heterocycles. The zero-order valence-electron chi connectivity index (χ0n) is 20.9. The average molecular weight is 503 g/mol. The molecule has 0 unspecified atom stereocenters. The van der Waals surface area contributed by atoms with Crippen molar-refractivity contribution in [1.82, 2.24) is 20.5 Å². The van der Waals surface area contributed by atoms with E-state index in [0.29, 0.717) is 18.4 Å². The predicted molar refractivity (Wildman–Crippen MR) is 137 cm³/mol. The molecular formula is C28H30N4O5. The number of carbonyl (C=O) groups is 4. The second kappa shape index (κ2) is 9.38. The molecule has 0 radical (unpaired) electrons. The van der Waals surface area contributed by atoms with E-state index in [9.17, 15) is 24.3 Å². The van der Waals surface area contributed by atoms with Gasteiger partial charge in [-0.25, -0.2) is 0 Å². The van der Waals surface area contributed by atoms with E-state index in [2.05, 4.69) is 15.6 Å². The topological polar surface area (TPSA) is 132 Å². The molecule has 0 saturated heterocycles. The molecule has 4 N–H and O–H groups in total. The monoisotopic (exact) mass is 502 g/mol. The normalized spacial score (nSPS) is 20.4. The Kier molecular flexibility index (Phi) is 6.23. The van der Waals surface area contributed by atoms with Crippen molar-refractivity contribution in [3.8, 4) is 0 Å². The van der Waals surface area contributed by atoms with E-state index in [0.717, 1.165) is 27.7 Å². The minimum atomic E-state index is -1.16. The third-order valence-corrected chi connectivity index (χ3v) is 7.68. The third-order valence-electron chi connectivity index (χ3n) is 7.68. The Balaban J connectivity index is 1.53. The number of hydrogen-bond acceptors (Lipinski definition) is 4. The molecule has 2 aliphatic rings. The van der Waals surface area contributed by atoms with Crippen molar-refractivity contribution in [2.45, 2.75) is 57.8 Å². The predicted octanol–water partition coefficient (Wildman–Crippen LogP) is 2.76. The number of fused-ring (bicyclic) bond motifs is 7. The minimum Gasteiger partial charge on any atom is -0.480 e. The maximum absolute atomic E-state index is 13.8. The smallest absolute Gasteiger partial charge is 0.325 e. The van der Waals surface area contributed by atoms with Gasteiger partial charge < -0.3 is 25.6 Å². The molecular weight excluding hydrogens is 472 g/mol. The number of amides is 3. The fourth-order valence-corrected chi connectivity index (χ4v) is 5.45. The highest BCUT2D eigenvalue weighted by Crippen LogP contribution is 2.46. The third kappa shape index (κ3) is 4.04. The molecule has 3 aromatic rings. The Morgan fingerprint density at radius 2 is 1.78 bits per heavy atom. The summed E-state index contributed by atoms with van der Waals surface area (Å²) >= 11 is 0. The lowest BCUT2D eigenvalue weighted by atomic mass is 9.89. The summed E-state index contributed by atoms with van der Waals surface area (Å²) in [5, 5.41) is 15.6. The van der Waals surface area contributed by atoms with Crippen LogP contribution in [0, 0.1) is 5.92 Å². The number of aromatic amines is 1. The second-order valence-electron chi connectivity index (χ2n) is 9.93. The Bertz CT molecular complexity index is 1410. The zero-order valence-corrected chi connectivity index (χ0v) is 20.9. The van der Waals surface area contributed by atoms with Crippen LogP contribution in [0.2, 0.25) is 0 Å². The first-order valence-electron chi connectivity index (χ1n) is 12.6. The van der Waals surface area contributed by atoms with Crippen molar-refractivity contribution in [1.29, 1.82) is 0 Å². The molecule has 0 aliphatic carbocycles. The van der Waals surface area contributed by atoms with Gasteiger partial charge >= 0.3 is 5.97 Å². The average Bonchev–Trinajstić information content (AvgIpc) is 3.41. The molecule has 0 spiro atoms. The van der Waals surface area contributed by atoms with Gasteiger partial charge in [0.25, 0.3) is 5.91 Å². The molecule has 0 saturated carbocycles. The van der Waals surface area contributed by atoms with Gasteiger partial charge in [0.1, 0.15) is 18.1 Å². The summed E-state index contributed by atoms with van der Waals surface area (Å²) in [6, 6.07) is 11.9. The number of nitrogens with one attached hydrogen (secondary N) is 3. The quantitative estimate of drug-likeness (QED) is 0.395. The first-order valence-corrected chi connectivity index (χ1v) is 12.6. The SMILES string of the molecule is CC[C@@H](C)[C@H](NC(=O)[C@@H]1Cc2c([nH]c3ccccc23)[C@@H]2c3ccccc3C(=O)N21)C(=O)N[C@@H](C)C(=O)O. The van der Waals surface area contributed by atoms with Crippen LogP contribution in [-0.4, -0.2) is 56.8 Å². The Morgan fingerprint density at radius 1 is 1.08 bits per heavy atom. The van der Waals surface area contributed by atoms with Crippen LogP contribution >= 0.6 is 0 Å². The van der Waals surface area contributed by atoms with Crippen molar-refractivity contribution in [3.05, 3.63) is 70.9 Å². The molecule has 5 rings (SSSR count). The largest absolute Gasteiger partial charge is 0.480 e. The van der Waals surface area contributed by atoms with E-state index in [1.165, 1.54) is 6.92 Å². The highest BCUT2D eigenvalue weighted by Gasteiger charge is 2.49. The first kappa shape index (κ1) is 24.5. The summed E-state index contributed by atoms with van der Waals surface area (Å²) in [5.41, 5.74) is 4.21. The number of carboxylic acids is 1. The van der Waals surface area contributed by atoms with Gasteiger partial charge in [-0.05, 0) is 36.1 Å². The number of benzene rings is 2. The Morgan fingerprint density at radius 3 is 2.51 bits per heavy atom. The lowest BCUT2D eigenvalue weighted by Gasteiger charge is -2.38. The maximum atomic E-state index is 13.8. The standard InChI is InChI=1S/C28H30N4O5/c1-4-14(2)22(26(34)29-15(3)28(36)37)31-25(33)21-13-19-16-9-7-8-12-20(16)30-23(19)24-17-10-5-6-11-18(17)27(35)32(21)24/h5-12,14-15,21-22,24,30H,4,13H2,1-3H3,(H,29,34)(H,31,33)(H,36,37)/t14-,15+,21+,22+,24+/m1/s1. The summed E-state index contributed by atoms with van der Waals surface area (Å²) in [5.74, 6) is -2.64. The van der Waals surface area contributed by atoms with Gasteiger partial charge in [-0.2, -0.15) is 0 Å². The molecule has 2 aromatic carbocycles. The van der Waals surface area contributed by atoms with Gasteiger partial charge in [0.05, 0.1) is 6.04 Å². The van der Waals surface area contributed by atoms with E-state index in [1.54, 1.807) is 11.0 Å². The summed E-state index contributed by atoms with van der Waals surface area (Å²) in [6.07, 6.45) is 0.884. The van der Waals surface area contributed by atoms with Gasteiger partial charge in [-0.3, -0.25) is 19.2 Å². The van der Waals surface area contributed by atoms with Crippen LogP contribution in [0.3, 0.4) is 0 Å². The molecule has 0 fully saturated rings. The van der Waals surface area contributed by atoms with Crippen LogP contribution in [0.25, 0.3) is 10.9 Å². The fraction of sp³-hybridized carbons (Fsp3) is 0.357. The van der Waals surface area contributed by atoms with Gasteiger partial charge in [-0.15, -0.1) is 0 Å². The van der Waals surface area contributed by atoms with Crippen molar-refractivity contribution < 1.29 is 24.3 Å². The number of para-hydroxylation sites is 1. The minimum absolute atomic E-state index is 0.228. The van der Waals surface area contributed by atoms with Crippen LogP contribution in [0.5, 0.6) is 0 Å². The number of rotatable bonds is 7. The van der Waals surface area contributed by atoms with Gasteiger partial charge in [0.2, 0.25) is 11.8 Å². The van der Waals surface area contributed by atoms with Gasteiger partial charge in [-0.1, -0.05) is 56.7 Å². The molecule has 3 amide bonds. The van der Waals surface area contributed by atoms with Crippen molar-refractivity contribution in [3.63, 3.8) is 0 Å². The van der Waals surface area contributed by atoms with E-state index in [1.807, 2.05) is 56.3 Å². The fourth-order valence-electron chi connectivity index (χ4n) is 5.45. The Hall–Kier alpha value is -4.14. The number of carboxylic acid groups (broad SMARTS) is 1. The molecule has 0 bridgehead atoms. The van der Waals surface area contributed by atoms with Crippen LogP contribution < -0.4 is 10.6 Å². The number of hydrogen-bond donors (Lipinski definition) is 4. The first-order chi connectivity index (χ1) is 17.7. The molecule has 9 nitrogen and oxygen atoms in total. The number of aliphatic carboxylic acids is 1. The maximum Gasteiger partial charge on any atom is 0.325 e. The summed E-state index contributed by atoms with van der Waals surface area (Å²) < 4.78 is 0. The number of H-pyrrole nitrogens is 1. The molecule has 192 valence electrons.